The van der Waals surface area contributed by atoms with Gasteiger partial charge in [0.2, 0.25) is 0 Å². The Hall–Kier alpha value is -0.860. The van der Waals surface area contributed by atoms with Crippen LogP contribution < -0.4 is 5.73 Å². The zero-order chi connectivity index (χ0) is 15.5. The molecule has 21 heavy (non-hydrogen) atoms. The summed E-state index contributed by atoms with van der Waals surface area (Å²) in [6, 6.07) is 10.1. The molecule has 2 nitrogen and oxygen atoms in total. The van der Waals surface area contributed by atoms with E-state index in [1.807, 2.05) is 18.2 Å². The van der Waals surface area contributed by atoms with E-state index in [-0.39, 0.29) is 5.41 Å². The van der Waals surface area contributed by atoms with Crippen molar-refractivity contribution < 1.29 is 5.11 Å². The summed E-state index contributed by atoms with van der Waals surface area (Å²) in [5.41, 5.74) is 6.25. The average Bonchev–Trinajstić information content (AvgIpc) is 2.54. The first-order valence-corrected chi connectivity index (χ1v) is 8.47. The number of hydrogen-bond donors (Lipinski definition) is 2. The van der Waals surface area contributed by atoms with Gasteiger partial charge in [-0.05, 0) is 49.5 Å². The molecule has 1 aromatic carbocycles. The van der Waals surface area contributed by atoms with Gasteiger partial charge in [-0.15, -0.1) is 0 Å². The Morgan fingerprint density at radius 1 is 1.24 bits per heavy atom. The first-order chi connectivity index (χ1) is 9.99. The van der Waals surface area contributed by atoms with Crippen molar-refractivity contribution in [3.8, 4) is 0 Å². The van der Waals surface area contributed by atoms with Gasteiger partial charge in [0.25, 0.3) is 0 Å². The summed E-state index contributed by atoms with van der Waals surface area (Å²) in [5.74, 6) is 1.51. The highest BCUT2D eigenvalue weighted by molar-refractivity contribution is 5.26. The molecule has 0 heterocycles. The van der Waals surface area contributed by atoms with Crippen LogP contribution in [0.15, 0.2) is 30.3 Å². The molecule has 2 rings (SSSR count). The summed E-state index contributed by atoms with van der Waals surface area (Å²) in [6.07, 6.45) is 5.16. The Morgan fingerprint density at radius 3 is 2.24 bits per heavy atom. The first kappa shape index (κ1) is 16.5. The topological polar surface area (TPSA) is 46.2 Å². The van der Waals surface area contributed by atoms with Crippen LogP contribution in [0, 0.1) is 17.3 Å². The van der Waals surface area contributed by atoms with Crippen molar-refractivity contribution >= 4 is 0 Å². The molecule has 0 aliphatic heterocycles. The van der Waals surface area contributed by atoms with Gasteiger partial charge >= 0.3 is 0 Å². The van der Waals surface area contributed by atoms with Gasteiger partial charge in [-0.25, -0.2) is 0 Å². The van der Waals surface area contributed by atoms with Crippen LogP contribution in [0.2, 0.25) is 0 Å². The van der Waals surface area contributed by atoms with Gasteiger partial charge in [0, 0.05) is 12.0 Å². The van der Waals surface area contributed by atoms with E-state index in [4.69, 9.17) is 5.73 Å². The summed E-state index contributed by atoms with van der Waals surface area (Å²) >= 11 is 0. The molecule has 2 heteroatoms. The second-order valence-corrected chi connectivity index (χ2v) is 7.15. The molecule has 1 saturated carbocycles. The minimum Gasteiger partial charge on any atom is -0.385 e. The number of rotatable bonds is 5. The molecule has 1 aliphatic carbocycles. The van der Waals surface area contributed by atoms with E-state index in [1.54, 1.807) is 0 Å². The van der Waals surface area contributed by atoms with E-state index in [1.165, 1.54) is 12.8 Å². The number of nitrogens with two attached hydrogens (primary N) is 1. The first-order valence-electron chi connectivity index (χ1n) is 8.47. The van der Waals surface area contributed by atoms with Crippen molar-refractivity contribution in [2.75, 3.05) is 6.54 Å². The number of hydrogen-bond acceptors (Lipinski definition) is 2. The Kier molecular flexibility index (Phi) is 5.11. The van der Waals surface area contributed by atoms with E-state index in [2.05, 4.69) is 32.9 Å². The van der Waals surface area contributed by atoms with Gasteiger partial charge < -0.3 is 10.8 Å². The third-order valence-corrected chi connectivity index (χ3v) is 5.96. The minimum atomic E-state index is -0.801. The highest BCUT2D eigenvalue weighted by atomic mass is 16.3. The van der Waals surface area contributed by atoms with E-state index >= 15 is 0 Å². The van der Waals surface area contributed by atoms with Crippen LogP contribution in [0.1, 0.15) is 58.4 Å². The fraction of sp³-hybridized carbons (Fsp3) is 0.684. The number of aliphatic hydroxyl groups is 1. The van der Waals surface area contributed by atoms with Crippen molar-refractivity contribution in [2.45, 2.75) is 58.5 Å². The molecule has 1 fully saturated rings. The lowest BCUT2D eigenvalue weighted by Crippen LogP contribution is -2.52. The minimum absolute atomic E-state index is 0.172. The van der Waals surface area contributed by atoms with Crippen molar-refractivity contribution in [2.24, 2.45) is 23.0 Å². The maximum Gasteiger partial charge on any atom is 0.0961 e. The zero-order valence-corrected chi connectivity index (χ0v) is 13.8. The molecule has 3 N–H and O–H groups in total. The molecule has 0 aromatic heterocycles. The van der Waals surface area contributed by atoms with Gasteiger partial charge in [-0.2, -0.15) is 0 Å². The Balaban J connectivity index is 2.30. The molecule has 0 radical (unpaired) electrons. The summed E-state index contributed by atoms with van der Waals surface area (Å²) in [5, 5.41) is 11.5. The SMILES string of the molecule is CCC(O)(c1ccccc1)C1(CN)CCC(C(C)C)CC1. The van der Waals surface area contributed by atoms with Gasteiger partial charge in [-0.3, -0.25) is 0 Å². The van der Waals surface area contributed by atoms with Gasteiger partial charge in [-0.1, -0.05) is 51.1 Å². The van der Waals surface area contributed by atoms with E-state index in [0.717, 1.165) is 36.7 Å². The summed E-state index contributed by atoms with van der Waals surface area (Å²) < 4.78 is 0. The van der Waals surface area contributed by atoms with Crippen LogP contribution in [0.25, 0.3) is 0 Å². The predicted molar refractivity (Wildman–Crippen MR) is 88.9 cm³/mol. The lowest BCUT2D eigenvalue weighted by molar-refractivity contribution is -0.116. The van der Waals surface area contributed by atoms with Crippen molar-refractivity contribution in [3.63, 3.8) is 0 Å². The summed E-state index contributed by atoms with van der Waals surface area (Å²) in [6.45, 7) is 7.27. The van der Waals surface area contributed by atoms with E-state index in [9.17, 15) is 5.11 Å². The molecule has 0 bridgehead atoms. The van der Waals surface area contributed by atoms with E-state index < -0.39 is 5.60 Å². The van der Waals surface area contributed by atoms with Crippen LogP contribution in [-0.2, 0) is 5.60 Å². The smallest absolute Gasteiger partial charge is 0.0961 e. The van der Waals surface area contributed by atoms with Gasteiger partial charge in [0.15, 0.2) is 0 Å². The maximum absolute atomic E-state index is 11.5. The van der Waals surface area contributed by atoms with Crippen LogP contribution in [0.5, 0.6) is 0 Å². The van der Waals surface area contributed by atoms with E-state index in [0.29, 0.717) is 6.54 Å². The second-order valence-electron chi connectivity index (χ2n) is 7.15. The van der Waals surface area contributed by atoms with Gasteiger partial charge in [0.1, 0.15) is 0 Å². The molecule has 1 aromatic rings. The normalized spacial score (nSPS) is 29.3. The molecule has 0 spiro atoms. The van der Waals surface area contributed by atoms with Gasteiger partial charge in [0.05, 0.1) is 5.60 Å². The van der Waals surface area contributed by atoms with Crippen LogP contribution in [-0.4, -0.2) is 11.7 Å². The van der Waals surface area contributed by atoms with Crippen molar-refractivity contribution in [1.82, 2.24) is 0 Å². The van der Waals surface area contributed by atoms with Crippen LogP contribution in [0.4, 0.5) is 0 Å². The Bertz CT molecular complexity index is 434. The molecule has 0 saturated heterocycles. The Labute approximate surface area is 129 Å². The standard InChI is InChI=1S/C19H31NO/c1-4-19(21,17-8-6-5-7-9-17)18(14-20)12-10-16(11-13-18)15(2)3/h5-9,15-16,21H,4,10-14,20H2,1-3H3. The quantitative estimate of drug-likeness (QED) is 0.858. The summed E-state index contributed by atoms with van der Waals surface area (Å²) in [7, 11) is 0. The molecule has 118 valence electrons. The monoisotopic (exact) mass is 289 g/mol. The summed E-state index contributed by atoms with van der Waals surface area (Å²) in [4.78, 5) is 0. The number of benzene rings is 1. The average molecular weight is 289 g/mol. The molecule has 1 aliphatic rings. The second kappa shape index (κ2) is 6.50. The molecular weight excluding hydrogens is 258 g/mol. The maximum atomic E-state index is 11.5. The molecule has 0 amide bonds. The fourth-order valence-corrected chi connectivity index (χ4v) is 4.25. The molecular formula is C19H31NO. The highest BCUT2D eigenvalue weighted by Crippen LogP contribution is 2.53. The third-order valence-electron chi connectivity index (χ3n) is 5.96. The van der Waals surface area contributed by atoms with Crippen molar-refractivity contribution in [3.05, 3.63) is 35.9 Å². The highest BCUT2D eigenvalue weighted by Gasteiger charge is 2.50. The molecule has 1 atom stereocenters. The fourth-order valence-electron chi connectivity index (χ4n) is 4.25. The predicted octanol–water partition coefficient (Wildman–Crippen LogP) is 4.08. The molecule has 1 unspecified atom stereocenters. The Morgan fingerprint density at radius 2 is 1.81 bits per heavy atom. The largest absolute Gasteiger partial charge is 0.385 e. The van der Waals surface area contributed by atoms with Crippen LogP contribution in [0.3, 0.4) is 0 Å². The van der Waals surface area contributed by atoms with Crippen LogP contribution >= 0.6 is 0 Å². The lowest BCUT2D eigenvalue weighted by Gasteiger charge is -2.51. The lowest BCUT2D eigenvalue weighted by atomic mass is 9.57. The third kappa shape index (κ3) is 2.89. The van der Waals surface area contributed by atoms with Crippen molar-refractivity contribution in [1.29, 1.82) is 0 Å². The zero-order valence-electron chi connectivity index (χ0n) is 13.8.